The third-order valence-electron chi connectivity index (χ3n) is 4.51. The lowest BCUT2D eigenvalue weighted by Gasteiger charge is -2.27. The van der Waals surface area contributed by atoms with Gasteiger partial charge in [-0.3, -0.25) is 4.79 Å². The summed E-state index contributed by atoms with van der Waals surface area (Å²) in [6.07, 6.45) is 0. The minimum absolute atomic E-state index is 0.0545. The first kappa shape index (κ1) is 19.6. The SMILES string of the molecule is CC(C)N(Cc1ccc(OCc2ccccc2)cc1)C(=O)c1ccccc1F. The number of amides is 1. The van der Waals surface area contributed by atoms with Gasteiger partial charge in [0.15, 0.2) is 0 Å². The van der Waals surface area contributed by atoms with Crippen LogP contribution < -0.4 is 4.74 Å². The molecule has 4 heteroatoms. The van der Waals surface area contributed by atoms with E-state index in [0.29, 0.717) is 13.2 Å². The van der Waals surface area contributed by atoms with Gasteiger partial charge in [-0.25, -0.2) is 4.39 Å². The van der Waals surface area contributed by atoms with E-state index >= 15 is 0 Å². The number of nitrogens with zero attached hydrogens (tertiary/aromatic N) is 1. The molecule has 0 saturated carbocycles. The van der Waals surface area contributed by atoms with Crippen molar-refractivity contribution in [2.24, 2.45) is 0 Å². The second-order valence-electron chi connectivity index (χ2n) is 6.92. The fourth-order valence-corrected chi connectivity index (χ4v) is 2.91. The predicted octanol–water partition coefficient (Wildman–Crippen LogP) is 5.46. The van der Waals surface area contributed by atoms with Gasteiger partial charge in [0.2, 0.25) is 0 Å². The van der Waals surface area contributed by atoms with Gasteiger partial charge in [0.25, 0.3) is 5.91 Å². The zero-order valence-electron chi connectivity index (χ0n) is 16.1. The van der Waals surface area contributed by atoms with E-state index in [4.69, 9.17) is 4.74 Å². The van der Waals surface area contributed by atoms with Gasteiger partial charge in [-0.15, -0.1) is 0 Å². The Hall–Kier alpha value is -3.14. The number of carbonyl (C=O) groups excluding carboxylic acids is 1. The Morgan fingerprint density at radius 3 is 2.18 bits per heavy atom. The molecule has 0 radical (unpaired) electrons. The largest absolute Gasteiger partial charge is 0.489 e. The van der Waals surface area contributed by atoms with E-state index in [2.05, 4.69) is 0 Å². The summed E-state index contributed by atoms with van der Waals surface area (Å²) in [5.74, 6) is -0.0376. The molecule has 0 aliphatic carbocycles. The van der Waals surface area contributed by atoms with E-state index in [1.54, 1.807) is 17.0 Å². The van der Waals surface area contributed by atoms with E-state index in [-0.39, 0.29) is 17.5 Å². The van der Waals surface area contributed by atoms with Crippen LogP contribution in [0.1, 0.15) is 35.3 Å². The fraction of sp³-hybridized carbons (Fsp3) is 0.208. The van der Waals surface area contributed by atoms with Gasteiger partial charge in [0.1, 0.15) is 18.2 Å². The molecular formula is C24H24FNO2. The highest BCUT2D eigenvalue weighted by Gasteiger charge is 2.21. The topological polar surface area (TPSA) is 29.5 Å². The highest BCUT2D eigenvalue weighted by Crippen LogP contribution is 2.19. The van der Waals surface area contributed by atoms with Crippen LogP contribution in [0.15, 0.2) is 78.9 Å². The zero-order valence-corrected chi connectivity index (χ0v) is 16.1. The highest BCUT2D eigenvalue weighted by atomic mass is 19.1. The number of carbonyl (C=O) groups is 1. The summed E-state index contributed by atoms with van der Waals surface area (Å²) in [7, 11) is 0. The van der Waals surface area contributed by atoms with Gasteiger partial charge >= 0.3 is 0 Å². The Morgan fingerprint density at radius 2 is 1.54 bits per heavy atom. The molecule has 0 atom stereocenters. The van der Waals surface area contributed by atoms with Crippen LogP contribution in [0.2, 0.25) is 0 Å². The molecule has 0 unspecified atom stereocenters. The first-order chi connectivity index (χ1) is 13.5. The number of ether oxygens (including phenoxy) is 1. The van der Waals surface area contributed by atoms with E-state index in [1.807, 2.05) is 68.4 Å². The molecule has 0 N–H and O–H groups in total. The van der Waals surface area contributed by atoms with Crippen LogP contribution in [0.5, 0.6) is 5.75 Å². The fourth-order valence-electron chi connectivity index (χ4n) is 2.91. The second-order valence-corrected chi connectivity index (χ2v) is 6.92. The van der Waals surface area contributed by atoms with Gasteiger partial charge in [0, 0.05) is 12.6 Å². The first-order valence-electron chi connectivity index (χ1n) is 9.36. The molecule has 0 fully saturated rings. The monoisotopic (exact) mass is 377 g/mol. The van der Waals surface area contributed by atoms with Gasteiger partial charge in [0.05, 0.1) is 5.56 Å². The lowest BCUT2D eigenvalue weighted by Crippen LogP contribution is -2.36. The Balaban J connectivity index is 1.67. The second kappa shape index (κ2) is 9.18. The third-order valence-corrected chi connectivity index (χ3v) is 4.51. The number of rotatable bonds is 7. The Kier molecular flexibility index (Phi) is 6.43. The maximum Gasteiger partial charge on any atom is 0.257 e. The molecule has 0 bridgehead atoms. The number of halogens is 1. The molecule has 0 heterocycles. The van der Waals surface area contributed by atoms with Crippen molar-refractivity contribution in [2.75, 3.05) is 0 Å². The number of benzene rings is 3. The molecule has 3 nitrogen and oxygen atoms in total. The minimum Gasteiger partial charge on any atom is -0.489 e. The molecule has 0 aliphatic rings. The minimum atomic E-state index is -0.497. The standard InChI is InChI=1S/C24H24FNO2/c1-18(2)26(24(27)22-10-6-7-11-23(22)25)16-19-12-14-21(15-13-19)28-17-20-8-4-3-5-9-20/h3-15,18H,16-17H2,1-2H3. The molecule has 28 heavy (non-hydrogen) atoms. The predicted molar refractivity (Wildman–Crippen MR) is 109 cm³/mol. The van der Waals surface area contributed by atoms with Crippen molar-refractivity contribution >= 4 is 5.91 Å². The summed E-state index contributed by atoms with van der Waals surface area (Å²) in [5, 5.41) is 0. The van der Waals surface area contributed by atoms with Gasteiger partial charge in [-0.05, 0) is 49.2 Å². The van der Waals surface area contributed by atoms with Crippen LogP contribution in [0.4, 0.5) is 4.39 Å². The molecule has 0 aromatic heterocycles. The number of hydrogen-bond donors (Lipinski definition) is 0. The molecule has 0 saturated heterocycles. The van der Waals surface area contributed by atoms with Crippen molar-refractivity contribution in [1.29, 1.82) is 0 Å². The van der Waals surface area contributed by atoms with Crippen molar-refractivity contribution < 1.29 is 13.9 Å². The van der Waals surface area contributed by atoms with Gasteiger partial charge in [-0.1, -0.05) is 54.6 Å². The lowest BCUT2D eigenvalue weighted by molar-refractivity contribution is 0.0685. The molecule has 3 rings (SSSR count). The Labute approximate surface area is 165 Å². The summed E-state index contributed by atoms with van der Waals surface area (Å²) in [6.45, 7) is 4.76. The third kappa shape index (κ3) is 4.97. The zero-order chi connectivity index (χ0) is 19.9. The van der Waals surface area contributed by atoms with Crippen molar-refractivity contribution in [1.82, 2.24) is 4.90 Å². The van der Waals surface area contributed by atoms with Crippen molar-refractivity contribution in [3.8, 4) is 5.75 Å². The van der Waals surface area contributed by atoms with Crippen LogP contribution in [0, 0.1) is 5.82 Å². The smallest absolute Gasteiger partial charge is 0.257 e. The van der Waals surface area contributed by atoms with Crippen molar-refractivity contribution in [2.45, 2.75) is 33.0 Å². The van der Waals surface area contributed by atoms with E-state index in [1.165, 1.54) is 12.1 Å². The maximum absolute atomic E-state index is 14.0. The number of hydrogen-bond acceptors (Lipinski definition) is 2. The van der Waals surface area contributed by atoms with Gasteiger partial charge < -0.3 is 9.64 Å². The summed E-state index contributed by atoms with van der Waals surface area (Å²) in [5.41, 5.74) is 2.16. The van der Waals surface area contributed by atoms with Crippen LogP contribution in [0.25, 0.3) is 0 Å². The van der Waals surface area contributed by atoms with Crippen LogP contribution in [-0.4, -0.2) is 16.8 Å². The van der Waals surface area contributed by atoms with Crippen LogP contribution in [-0.2, 0) is 13.2 Å². The van der Waals surface area contributed by atoms with Crippen molar-refractivity contribution in [3.63, 3.8) is 0 Å². The van der Waals surface area contributed by atoms with Crippen LogP contribution in [0.3, 0.4) is 0 Å². The summed E-state index contributed by atoms with van der Waals surface area (Å²) in [6, 6.07) is 23.7. The quantitative estimate of drug-likeness (QED) is 0.547. The highest BCUT2D eigenvalue weighted by molar-refractivity contribution is 5.94. The molecular weight excluding hydrogens is 353 g/mol. The van der Waals surface area contributed by atoms with Gasteiger partial charge in [-0.2, -0.15) is 0 Å². The molecule has 1 amide bonds. The summed E-state index contributed by atoms with van der Waals surface area (Å²) >= 11 is 0. The van der Waals surface area contributed by atoms with Crippen molar-refractivity contribution in [3.05, 3.63) is 101 Å². The maximum atomic E-state index is 14.0. The van der Waals surface area contributed by atoms with E-state index < -0.39 is 5.82 Å². The summed E-state index contributed by atoms with van der Waals surface area (Å²) in [4.78, 5) is 14.5. The van der Waals surface area contributed by atoms with E-state index in [0.717, 1.165) is 16.9 Å². The first-order valence-corrected chi connectivity index (χ1v) is 9.36. The average Bonchev–Trinajstić information content (AvgIpc) is 2.72. The molecule has 0 spiro atoms. The molecule has 0 aliphatic heterocycles. The molecule has 144 valence electrons. The Bertz CT molecular complexity index is 907. The lowest BCUT2D eigenvalue weighted by atomic mass is 10.1. The molecule has 3 aromatic rings. The van der Waals surface area contributed by atoms with E-state index in [9.17, 15) is 9.18 Å². The normalized spacial score (nSPS) is 10.7. The van der Waals surface area contributed by atoms with Crippen LogP contribution >= 0.6 is 0 Å². The summed E-state index contributed by atoms with van der Waals surface area (Å²) < 4.78 is 19.8. The Morgan fingerprint density at radius 1 is 0.893 bits per heavy atom. The molecule has 3 aromatic carbocycles. The average molecular weight is 377 g/mol.